The van der Waals surface area contributed by atoms with E-state index in [9.17, 15) is 0 Å². The lowest BCUT2D eigenvalue weighted by Crippen LogP contribution is -2.37. The minimum Gasteiger partial charge on any atom is -0.497 e. The van der Waals surface area contributed by atoms with E-state index < -0.39 is 0 Å². The fourth-order valence-electron chi connectivity index (χ4n) is 3.18. The maximum absolute atomic E-state index is 5.79. The summed E-state index contributed by atoms with van der Waals surface area (Å²) in [4.78, 5) is 8.77. The molecule has 1 aliphatic heterocycles. The highest BCUT2D eigenvalue weighted by Crippen LogP contribution is 2.19. The number of rotatable bonds is 10. The van der Waals surface area contributed by atoms with Crippen molar-refractivity contribution in [3.8, 4) is 17.1 Å². The summed E-state index contributed by atoms with van der Waals surface area (Å²) >= 11 is 0. The van der Waals surface area contributed by atoms with Crippen molar-refractivity contribution in [3.05, 3.63) is 30.1 Å². The van der Waals surface area contributed by atoms with Crippen molar-refractivity contribution >= 4 is 5.96 Å². The van der Waals surface area contributed by atoms with Crippen LogP contribution in [0, 0.1) is 5.92 Å². The van der Waals surface area contributed by atoms with E-state index in [-0.39, 0.29) is 0 Å². The zero-order valence-electron chi connectivity index (χ0n) is 17.8. The number of H-pyrrole nitrogens is 1. The molecule has 1 aromatic heterocycles. The highest BCUT2D eigenvalue weighted by atomic mass is 16.5. The lowest BCUT2D eigenvalue weighted by molar-refractivity contribution is 0.0203. The summed E-state index contributed by atoms with van der Waals surface area (Å²) in [5.41, 5.74) is 0.932. The molecule has 0 radical (unpaired) electrons. The lowest BCUT2D eigenvalue weighted by atomic mass is 10.0. The Bertz CT molecular complexity index is 771. The molecule has 3 N–H and O–H groups in total. The van der Waals surface area contributed by atoms with Crippen molar-refractivity contribution < 1.29 is 14.2 Å². The van der Waals surface area contributed by atoms with Gasteiger partial charge in [-0.25, -0.2) is 4.98 Å². The summed E-state index contributed by atoms with van der Waals surface area (Å²) in [7, 11) is 3.40. The largest absolute Gasteiger partial charge is 0.497 e. The summed E-state index contributed by atoms with van der Waals surface area (Å²) in [5, 5.41) is 13.8. The van der Waals surface area contributed by atoms with Crippen molar-refractivity contribution in [1.29, 1.82) is 0 Å². The van der Waals surface area contributed by atoms with Crippen LogP contribution in [-0.2, 0) is 16.0 Å². The van der Waals surface area contributed by atoms with Gasteiger partial charge >= 0.3 is 0 Å². The Hall–Kier alpha value is -2.65. The minimum absolute atomic E-state index is 0.503. The van der Waals surface area contributed by atoms with E-state index in [1.165, 1.54) is 0 Å². The molecular formula is C21H32N6O3. The Morgan fingerprint density at radius 3 is 2.77 bits per heavy atom. The van der Waals surface area contributed by atoms with Gasteiger partial charge < -0.3 is 24.8 Å². The number of hydrogen-bond donors (Lipinski definition) is 3. The highest BCUT2D eigenvalue weighted by molar-refractivity contribution is 5.79. The molecule has 0 amide bonds. The normalized spacial score (nSPS) is 15.2. The molecule has 0 atom stereocenters. The second-order valence-electron chi connectivity index (χ2n) is 7.17. The quantitative estimate of drug-likeness (QED) is 0.309. The van der Waals surface area contributed by atoms with Gasteiger partial charge in [0.1, 0.15) is 11.6 Å². The minimum atomic E-state index is 0.503. The van der Waals surface area contributed by atoms with E-state index in [0.717, 1.165) is 75.3 Å². The third-order valence-corrected chi connectivity index (χ3v) is 4.98. The predicted molar refractivity (Wildman–Crippen MR) is 116 cm³/mol. The van der Waals surface area contributed by atoms with Gasteiger partial charge in [0.05, 0.1) is 13.7 Å². The van der Waals surface area contributed by atoms with Crippen LogP contribution in [0.3, 0.4) is 0 Å². The Morgan fingerprint density at radius 1 is 1.23 bits per heavy atom. The van der Waals surface area contributed by atoms with E-state index in [1.807, 2.05) is 24.3 Å². The van der Waals surface area contributed by atoms with Gasteiger partial charge in [-0.3, -0.25) is 10.1 Å². The predicted octanol–water partition coefficient (Wildman–Crippen LogP) is 1.98. The number of nitrogens with zero attached hydrogens (tertiary/aromatic N) is 3. The van der Waals surface area contributed by atoms with Gasteiger partial charge in [-0.05, 0) is 49.4 Å². The van der Waals surface area contributed by atoms with Crippen molar-refractivity contribution in [3.63, 3.8) is 0 Å². The summed E-state index contributed by atoms with van der Waals surface area (Å²) in [6.07, 6.45) is 3.14. The van der Waals surface area contributed by atoms with Gasteiger partial charge in [0.25, 0.3) is 0 Å². The first-order chi connectivity index (χ1) is 14.8. The Labute approximate surface area is 177 Å². The first-order valence-corrected chi connectivity index (χ1v) is 10.4. The third kappa shape index (κ3) is 7.00. The molecule has 1 aromatic carbocycles. The molecule has 0 spiro atoms. The number of aromatic amines is 1. The second-order valence-corrected chi connectivity index (χ2v) is 7.17. The van der Waals surface area contributed by atoms with Gasteiger partial charge in [0, 0.05) is 45.6 Å². The first-order valence-electron chi connectivity index (χ1n) is 10.4. The summed E-state index contributed by atoms with van der Waals surface area (Å²) in [6.45, 7) is 4.60. The molecule has 30 heavy (non-hydrogen) atoms. The zero-order chi connectivity index (χ0) is 21.0. The molecule has 164 valence electrons. The van der Waals surface area contributed by atoms with Crippen molar-refractivity contribution in [2.75, 3.05) is 47.1 Å². The van der Waals surface area contributed by atoms with Crippen LogP contribution in [0.5, 0.6) is 5.75 Å². The van der Waals surface area contributed by atoms with Crippen LogP contribution < -0.4 is 15.4 Å². The van der Waals surface area contributed by atoms with Crippen LogP contribution in [0.1, 0.15) is 25.1 Å². The average molecular weight is 417 g/mol. The molecule has 1 aliphatic rings. The standard InChI is InChI=1S/C21H32N6O3/c1-22-21(23-10-3-11-30-15-16-8-12-29-13-9-16)24-14-19-25-20(27-26-19)17-4-6-18(28-2)7-5-17/h4-7,16H,3,8-15H2,1-2H3,(H2,22,23,24)(H,25,26,27). The maximum atomic E-state index is 5.79. The Balaban J connectivity index is 1.32. The van der Waals surface area contributed by atoms with Crippen molar-refractivity contribution in [2.24, 2.45) is 10.9 Å². The van der Waals surface area contributed by atoms with E-state index in [4.69, 9.17) is 14.2 Å². The summed E-state index contributed by atoms with van der Waals surface area (Å²) in [6, 6.07) is 7.65. The summed E-state index contributed by atoms with van der Waals surface area (Å²) < 4.78 is 16.3. The molecule has 0 bridgehead atoms. The van der Waals surface area contributed by atoms with Gasteiger partial charge in [-0.2, -0.15) is 5.10 Å². The third-order valence-electron chi connectivity index (χ3n) is 4.98. The summed E-state index contributed by atoms with van der Waals surface area (Å²) in [5.74, 6) is 3.57. The van der Waals surface area contributed by atoms with E-state index in [1.54, 1.807) is 14.2 Å². The Morgan fingerprint density at radius 2 is 2.03 bits per heavy atom. The fourth-order valence-corrected chi connectivity index (χ4v) is 3.18. The molecule has 1 saturated heterocycles. The second kappa shape index (κ2) is 12.1. The molecule has 9 heteroatoms. The topological polar surface area (TPSA) is 106 Å². The van der Waals surface area contributed by atoms with Crippen molar-refractivity contribution in [1.82, 2.24) is 25.8 Å². The lowest BCUT2D eigenvalue weighted by Gasteiger charge is -2.21. The molecule has 0 saturated carbocycles. The number of hydrogen-bond acceptors (Lipinski definition) is 6. The molecular weight excluding hydrogens is 384 g/mol. The van der Waals surface area contributed by atoms with Crippen LogP contribution in [0.15, 0.2) is 29.3 Å². The van der Waals surface area contributed by atoms with E-state index in [2.05, 4.69) is 30.8 Å². The molecule has 0 aliphatic carbocycles. The van der Waals surface area contributed by atoms with Gasteiger partial charge in [0.2, 0.25) is 0 Å². The van der Waals surface area contributed by atoms with Crippen molar-refractivity contribution in [2.45, 2.75) is 25.8 Å². The number of benzene rings is 1. The van der Waals surface area contributed by atoms with E-state index >= 15 is 0 Å². The number of methoxy groups -OCH3 is 1. The van der Waals surface area contributed by atoms with Crippen LogP contribution in [0.4, 0.5) is 0 Å². The number of aliphatic imine (C=N–C) groups is 1. The Kier molecular flexibility index (Phi) is 8.92. The first kappa shape index (κ1) is 22.0. The van der Waals surface area contributed by atoms with Gasteiger partial charge in [-0.1, -0.05) is 0 Å². The SMILES string of the molecule is CN=C(NCCCOCC1CCOCC1)NCc1nc(-c2ccc(OC)cc2)n[nH]1. The van der Waals surface area contributed by atoms with Crippen LogP contribution in [-0.4, -0.2) is 68.3 Å². The molecule has 0 unspecified atom stereocenters. The number of nitrogens with one attached hydrogen (secondary N) is 3. The monoisotopic (exact) mass is 416 g/mol. The van der Waals surface area contributed by atoms with Gasteiger partial charge in [0.15, 0.2) is 11.8 Å². The highest BCUT2D eigenvalue weighted by Gasteiger charge is 2.13. The molecule has 2 aromatic rings. The number of guanidine groups is 1. The van der Waals surface area contributed by atoms with Crippen LogP contribution in [0.2, 0.25) is 0 Å². The van der Waals surface area contributed by atoms with E-state index in [0.29, 0.717) is 18.3 Å². The smallest absolute Gasteiger partial charge is 0.191 e. The number of ether oxygens (including phenoxy) is 3. The molecule has 9 nitrogen and oxygen atoms in total. The maximum Gasteiger partial charge on any atom is 0.191 e. The fraction of sp³-hybridized carbons (Fsp3) is 0.571. The molecule has 2 heterocycles. The zero-order valence-corrected chi connectivity index (χ0v) is 17.8. The van der Waals surface area contributed by atoms with Crippen LogP contribution in [0.25, 0.3) is 11.4 Å². The molecule has 1 fully saturated rings. The molecule has 3 rings (SSSR count). The number of aromatic nitrogens is 3. The average Bonchev–Trinajstić information content (AvgIpc) is 3.28. The van der Waals surface area contributed by atoms with Crippen LogP contribution >= 0.6 is 0 Å². The van der Waals surface area contributed by atoms with Gasteiger partial charge in [-0.15, -0.1) is 0 Å².